The van der Waals surface area contributed by atoms with E-state index in [1.54, 1.807) is 0 Å². The zero-order valence-electron chi connectivity index (χ0n) is 13.3. The van der Waals surface area contributed by atoms with Gasteiger partial charge in [0.15, 0.2) is 0 Å². The van der Waals surface area contributed by atoms with Crippen LogP contribution < -0.4 is 5.73 Å². The summed E-state index contributed by atoms with van der Waals surface area (Å²) in [5.74, 6) is 0.999. The first kappa shape index (κ1) is 16.7. The second-order valence-electron chi connectivity index (χ2n) is 7.08. The summed E-state index contributed by atoms with van der Waals surface area (Å²) in [6, 6.07) is 0. The normalized spacial score (nSPS) is 27.6. The Morgan fingerprint density at radius 2 is 1.86 bits per heavy atom. The van der Waals surface area contributed by atoms with Crippen molar-refractivity contribution >= 4 is 5.91 Å². The van der Waals surface area contributed by atoms with E-state index in [1.165, 1.54) is 12.8 Å². The van der Waals surface area contributed by atoms with E-state index in [4.69, 9.17) is 5.73 Å². The molecule has 0 radical (unpaired) electrons. The van der Waals surface area contributed by atoms with Crippen LogP contribution in [0.15, 0.2) is 0 Å². The van der Waals surface area contributed by atoms with Crippen molar-refractivity contribution in [1.29, 1.82) is 0 Å². The molecule has 0 bridgehead atoms. The van der Waals surface area contributed by atoms with Crippen LogP contribution in [0.4, 0.5) is 0 Å². The van der Waals surface area contributed by atoms with Gasteiger partial charge in [-0.1, -0.05) is 6.92 Å². The average molecular weight is 297 g/mol. The van der Waals surface area contributed by atoms with Crippen molar-refractivity contribution in [3.8, 4) is 0 Å². The van der Waals surface area contributed by atoms with E-state index >= 15 is 0 Å². The Morgan fingerprint density at radius 1 is 1.19 bits per heavy atom. The molecule has 2 atom stereocenters. The number of hydrogen-bond donors (Lipinski definition) is 2. The predicted molar refractivity (Wildman–Crippen MR) is 83.8 cm³/mol. The molecule has 2 saturated heterocycles. The first-order chi connectivity index (χ1) is 10.0. The minimum absolute atomic E-state index is 0.204. The van der Waals surface area contributed by atoms with Crippen molar-refractivity contribution in [1.82, 2.24) is 9.80 Å². The standard InChI is InChI=1S/C16H31N3O2/c1-13-4-7-18(8-5-13)11-15(20)12-19-6-2-3-14(10-19)9-16(17)21/h13-15,20H,2-12H2,1H3,(H2,17,21). The number of primary amides is 1. The lowest BCUT2D eigenvalue weighted by molar-refractivity contribution is -0.119. The number of carbonyl (C=O) groups is 1. The second-order valence-corrected chi connectivity index (χ2v) is 7.08. The zero-order chi connectivity index (χ0) is 15.2. The Bertz CT molecular complexity index is 329. The number of piperidine rings is 2. The van der Waals surface area contributed by atoms with Gasteiger partial charge in [-0.25, -0.2) is 0 Å². The molecule has 5 nitrogen and oxygen atoms in total. The number of nitrogens with two attached hydrogens (primary N) is 1. The number of hydrogen-bond acceptors (Lipinski definition) is 4. The molecule has 0 aliphatic carbocycles. The van der Waals surface area contributed by atoms with E-state index in [-0.39, 0.29) is 12.0 Å². The average Bonchev–Trinajstić information content (AvgIpc) is 2.41. The van der Waals surface area contributed by atoms with Crippen molar-refractivity contribution in [2.75, 3.05) is 39.3 Å². The molecule has 3 N–H and O–H groups in total. The summed E-state index contributed by atoms with van der Waals surface area (Å²) in [7, 11) is 0. The van der Waals surface area contributed by atoms with Gasteiger partial charge < -0.3 is 20.6 Å². The summed E-state index contributed by atoms with van der Waals surface area (Å²) in [5, 5.41) is 10.3. The molecule has 2 aliphatic rings. The topological polar surface area (TPSA) is 69.8 Å². The predicted octanol–water partition coefficient (Wildman–Crippen LogP) is 0.667. The lowest BCUT2D eigenvalue weighted by Gasteiger charge is -2.36. The third kappa shape index (κ3) is 5.93. The third-order valence-electron chi connectivity index (χ3n) is 4.91. The molecular formula is C16H31N3O2. The number of rotatable bonds is 6. The Hall–Kier alpha value is -0.650. The van der Waals surface area contributed by atoms with Crippen LogP contribution in [0.5, 0.6) is 0 Å². The smallest absolute Gasteiger partial charge is 0.217 e. The fourth-order valence-electron chi connectivity index (χ4n) is 3.67. The molecule has 2 unspecified atom stereocenters. The number of carbonyl (C=O) groups excluding carboxylic acids is 1. The van der Waals surface area contributed by atoms with Crippen molar-refractivity contribution < 1.29 is 9.90 Å². The van der Waals surface area contributed by atoms with Crippen LogP contribution in [-0.4, -0.2) is 66.2 Å². The van der Waals surface area contributed by atoms with E-state index < -0.39 is 0 Å². The largest absolute Gasteiger partial charge is 0.390 e. The molecule has 5 heteroatoms. The molecule has 2 aliphatic heterocycles. The van der Waals surface area contributed by atoms with Crippen LogP contribution in [0.25, 0.3) is 0 Å². The Balaban J connectivity index is 1.69. The summed E-state index contributed by atoms with van der Waals surface area (Å²) in [4.78, 5) is 15.7. The highest BCUT2D eigenvalue weighted by atomic mass is 16.3. The third-order valence-corrected chi connectivity index (χ3v) is 4.91. The van der Waals surface area contributed by atoms with Crippen LogP contribution in [-0.2, 0) is 4.79 Å². The summed E-state index contributed by atoms with van der Waals surface area (Å²) in [6.07, 6.45) is 4.88. The van der Waals surface area contributed by atoms with E-state index in [1.807, 2.05) is 0 Å². The number of aliphatic hydroxyl groups is 1. The quantitative estimate of drug-likeness (QED) is 0.756. The van der Waals surface area contributed by atoms with Gasteiger partial charge in [-0.15, -0.1) is 0 Å². The molecular weight excluding hydrogens is 266 g/mol. The molecule has 122 valence electrons. The van der Waals surface area contributed by atoms with Crippen molar-refractivity contribution in [3.05, 3.63) is 0 Å². The molecule has 0 saturated carbocycles. The van der Waals surface area contributed by atoms with Gasteiger partial charge in [0.05, 0.1) is 6.10 Å². The fraction of sp³-hybridized carbons (Fsp3) is 0.938. The molecule has 21 heavy (non-hydrogen) atoms. The summed E-state index contributed by atoms with van der Waals surface area (Å²) in [6.45, 7) is 7.97. The molecule has 0 aromatic heterocycles. The maximum atomic E-state index is 11.0. The van der Waals surface area contributed by atoms with E-state index in [0.29, 0.717) is 12.3 Å². The Kier molecular flexibility index (Phi) is 6.45. The SMILES string of the molecule is CC1CCN(CC(O)CN2CCCC(CC(N)=O)C2)CC1. The summed E-state index contributed by atoms with van der Waals surface area (Å²) >= 11 is 0. The van der Waals surface area contributed by atoms with E-state index in [9.17, 15) is 9.90 Å². The van der Waals surface area contributed by atoms with Gasteiger partial charge in [-0.3, -0.25) is 4.79 Å². The van der Waals surface area contributed by atoms with Crippen molar-refractivity contribution in [3.63, 3.8) is 0 Å². The van der Waals surface area contributed by atoms with Gasteiger partial charge in [-0.2, -0.15) is 0 Å². The molecule has 2 rings (SSSR count). The number of aliphatic hydroxyl groups excluding tert-OH is 1. The first-order valence-electron chi connectivity index (χ1n) is 8.44. The first-order valence-corrected chi connectivity index (χ1v) is 8.44. The zero-order valence-corrected chi connectivity index (χ0v) is 13.3. The molecule has 0 aromatic rings. The maximum absolute atomic E-state index is 11.0. The van der Waals surface area contributed by atoms with Crippen molar-refractivity contribution in [2.45, 2.75) is 45.1 Å². The number of β-amino-alcohol motifs (C(OH)–C–C–N with tert-alkyl or cyclic N) is 1. The van der Waals surface area contributed by atoms with Gasteiger partial charge in [0.1, 0.15) is 0 Å². The van der Waals surface area contributed by atoms with Crippen LogP contribution in [0, 0.1) is 11.8 Å². The molecule has 2 fully saturated rings. The molecule has 2 heterocycles. The van der Waals surface area contributed by atoms with E-state index in [0.717, 1.165) is 58.0 Å². The number of likely N-dealkylation sites (tertiary alicyclic amines) is 2. The van der Waals surface area contributed by atoms with E-state index in [2.05, 4.69) is 16.7 Å². The highest BCUT2D eigenvalue weighted by Crippen LogP contribution is 2.20. The lowest BCUT2D eigenvalue weighted by atomic mass is 9.94. The summed E-state index contributed by atoms with van der Waals surface area (Å²) < 4.78 is 0. The van der Waals surface area contributed by atoms with Gasteiger partial charge in [-0.05, 0) is 57.2 Å². The lowest BCUT2D eigenvalue weighted by Crippen LogP contribution is -2.46. The molecule has 0 spiro atoms. The van der Waals surface area contributed by atoms with Crippen LogP contribution >= 0.6 is 0 Å². The molecule has 0 aromatic carbocycles. The summed E-state index contributed by atoms with van der Waals surface area (Å²) in [5.41, 5.74) is 5.29. The van der Waals surface area contributed by atoms with Gasteiger partial charge in [0.25, 0.3) is 0 Å². The highest BCUT2D eigenvalue weighted by molar-refractivity contribution is 5.74. The minimum atomic E-state index is -0.286. The minimum Gasteiger partial charge on any atom is -0.390 e. The fourth-order valence-corrected chi connectivity index (χ4v) is 3.67. The van der Waals surface area contributed by atoms with Crippen LogP contribution in [0.2, 0.25) is 0 Å². The van der Waals surface area contributed by atoms with Gasteiger partial charge in [0, 0.05) is 26.1 Å². The van der Waals surface area contributed by atoms with Crippen LogP contribution in [0.1, 0.15) is 39.0 Å². The van der Waals surface area contributed by atoms with Crippen molar-refractivity contribution in [2.24, 2.45) is 17.6 Å². The second kappa shape index (κ2) is 8.11. The molecule has 1 amide bonds. The van der Waals surface area contributed by atoms with Crippen LogP contribution in [0.3, 0.4) is 0 Å². The monoisotopic (exact) mass is 297 g/mol. The van der Waals surface area contributed by atoms with Gasteiger partial charge in [0.2, 0.25) is 5.91 Å². The maximum Gasteiger partial charge on any atom is 0.217 e. The highest BCUT2D eigenvalue weighted by Gasteiger charge is 2.24. The number of nitrogens with zero attached hydrogens (tertiary/aromatic N) is 2. The Morgan fingerprint density at radius 3 is 2.52 bits per heavy atom. The number of amides is 1. The van der Waals surface area contributed by atoms with Gasteiger partial charge >= 0.3 is 0 Å². The Labute approximate surface area is 128 Å².